The van der Waals surface area contributed by atoms with Crippen LogP contribution in [0, 0.1) is 0 Å². The maximum absolute atomic E-state index is 12.0. The third-order valence-corrected chi connectivity index (χ3v) is 3.18. The molecule has 0 atom stereocenters. The summed E-state index contributed by atoms with van der Waals surface area (Å²) in [5.41, 5.74) is 1.83. The van der Waals surface area contributed by atoms with Crippen molar-refractivity contribution < 1.29 is 9.59 Å². The van der Waals surface area contributed by atoms with E-state index in [9.17, 15) is 9.59 Å². The zero-order valence-electron chi connectivity index (χ0n) is 10.7. The second kappa shape index (κ2) is 5.55. The molecule has 0 bridgehead atoms. The molecule has 100 valence electrons. The summed E-state index contributed by atoms with van der Waals surface area (Å²) in [5, 5.41) is 3.59. The summed E-state index contributed by atoms with van der Waals surface area (Å²) in [7, 11) is 0. The van der Waals surface area contributed by atoms with E-state index in [1.807, 2.05) is 6.92 Å². The van der Waals surface area contributed by atoms with Crippen molar-refractivity contribution in [3.8, 4) is 0 Å². The predicted octanol–water partition coefficient (Wildman–Crippen LogP) is 2.03. The normalized spacial score (nSPS) is 13.9. The minimum absolute atomic E-state index is 0.339. The summed E-state index contributed by atoms with van der Waals surface area (Å²) in [6.07, 6.45) is 0. The van der Waals surface area contributed by atoms with Gasteiger partial charge >= 0.3 is 0 Å². The molecule has 19 heavy (non-hydrogen) atoms. The summed E-state index contributed by atoms with van der Waals surface area (Å²) in [6, 6.07) is 4.90. The van der Waals surface area contributed by atoms with Crippen molar-refractivity contribution in [1.82, 2.24) is 5.32 Å². The molecule has 0 aromatic heterocycles. The van der Waals surface area contributed by atoms with E-state index in [2.05, 4.69) is 11.9 Å². The van der Waals surface area contributed by atoms with E-state index in [4.69, 9.17) is 11.6 Å². The number of Topliss-reactive ketones (excluding diaryl/α,β-unsaturated/α-hetero) is 1. The van der Waals surface area contributed by atoms with Crippen LogP contribution in [-0.2, 0) is 4.79 Å². The van der Waals surface area contributed by atoms with Gasteiger partial charge in [0.2, 0.25) is 0 Å². The second-order valence-corrected chi connectivity index (χ2v) is 4.85. The number of rotatable bonds is 5. The molecule has 1 aromatic carbocycles. The van der Waals surface area contributed by atoms with Crippen LogP contribution < -0.4 is 10.2 Å². The van der Waals surface area contributed by atoms with Crippen LogP contribution in [0.4, 0.5) is 5.69 Å². The van der Waals surface area contributed by atoms with Crippen molar-refractivity contribution >= 4 is 29.0 Å². The fourth-order valence-corrected chi connectivity index (χ4v) is 2.18. The SMILES string of the molecule is C=C(CNCC)CN1C(=O)C(=O)c2cc(Cl)ccc21. The Morgan fingerprint density at radius 2 is 2.16 bits per heavy atom. The van der Waals surface area contributed by atoms with Crippen molar-refractivity contribution in [3.05, 3.63) is 40.9 Å². The van der Waals surface area contributed by atoms with Gasteiger partial charge in [-0.25, -0.2) is 0 Å². The summed E-state index contributed by atoms with van der Waals surface area (Å²) in [5.74, 6) is -1.02. The zero-order valence-corrected chi connectivity index (χ0v) is 11.5. The number of nitrogens with one attached hydrogen (secondary N) is 1. The van der Waals surface area contributed by atoms with Gasteiger partial charge in [-0.15, -0.1) is 0 Å². The van der Waals surface area contributed by atoms with Gasteiger partial charge in [-0.05, 0) is 30.3 Å². The molecular formula is C14H15ClN2O2. The second-order valence-electron chi connectivity index (χ2n) is 4.41. The number of ketones is 1. The Bertz CT molecular complexity index is 554. The zero-order chi connectivity index (χ0) is 14.0. The van der Waals surface area contributed by atoms with Gasteiger partial charge in [0.15, 0.2) is 0 Å². The van der Waals surface area contributed by atoms with Gasteiger partial charge in [-0.3, -0.25) is 9.59 Å². The molecule has 0 fully saturated rings. The van der Waals surface area contributed by atoms with E-state index in [1.165, 1.54) is 11.0 Å². The minimum Gasteiger partial charge on any atom is -0.313 e. The number of amides is 1. The minimum atomic E-state index is -0.519. The van der Waals surface area contributed by atoms with Crippen molar-refractivity contribution in [2.45, 2.75) is 6.92 Å². The van der Waals surface area contributed by atoms with Crippen molar-refractivity contribution in [3.63, 3.8) is 0 Å². The van der Waals surface area contributed by atoms with Crippen LogP contribution in [-0.4, -0.2) is 31.3 Å². The Balaban J connectivity index is 2.21. The third-order valence-electron chi connectivity index (χ3n) is 2.94. The molecule has 0 saturated carbocycles. The van der Waals surface area contributed by atoms with E-state index in [0.29, 0.717) is 29.4 Å². The number of carbonyl (C=O) groups is 2. The van der Waals surface area contributed by atoms with Crippen LogP contribution in [0.2, 0.25) is 5.02 Å². The molecule has 1 heterocycles. The number of hydrogen-bond acceptors (Lipinski definition) is 3. The summed E-state index contributed by atoms with van der Waals surface area (Å²) >= 11 is 5.85. The van der Waals surface area contributed by atoms with Gasteiger partial charge in [-0.2, -0.15) is 0 Å². The molecule has 5 heteroatoms. The van der Waals surface area contributed by atoms with Crippen molar-refractivity contribution in [2.24, 2.45) is 0 Å². The van der Waals surface area contributed by atoms with Crippen LogP contribution in [0.5, 0.6) is 0 Å². The molecule has 1 aliphatic rings. The first kappa shape index (κ1) is 13.8. The standard InChI is InChI=1S/C14H15ClN2O2/c1-3-16-7-9(2)8-17-12-5-4-10(15)6-11(12)13(18)14(17)19/h4-6,16H,2-3,7-8H2,1H3. The first-order valence-electron chi connectivity index (χ1n) is 6.07. The number of benzene rings is 1. The Morgan fingerprint density at radius 1 is 1.42 bits per heavy atom. The smallest absolute Gasteiger partial charge is 0.299 e. The molecule has 1 aromatic rings. The topological polar surface area (TPSA) is 49.4 Å². The highest BCUT2D eigenvalue weighted by molar-refractivity contribution is 6.52. The summed E-state index contributed by atoms with van der Waals surface area (Å²) in [6.45, 7) is 7.70. The Labute approximate surface area is 117 Å². The Kier molecular flexibility index (Phi) is 4.02. The molecule has 1 N–H and O–H groups in total. The molecule has 0 radical (unpaired) electrons. The lowest BCUT2D eigenvalue weighted by Gasteiger charge is -2.18. The van der Waals surface area contributed by atoms with Gasteiger partial charge in [0, 0.05) is 18.1 Å². The highest BCUT2D eigenvalue weighted by atomic mass is 35.5. The number of carbonyl (C=O) groups excluding carboxylic acids is 2. The molecule has 0 saturated heterocycles. The molecule has 0 unspecified atom stereocenters. The van der Waals surface area contributed by atoms with Crippen LogP contribution in [0.25, 0.3) is 0 Å². The molecule has 1 aliphatic heterocycles. The Hall–Kier alpha value is -1.65. The molecular weight excluding hydrogens is 264 g/mol. The lowest BCUT2D eigenvalue weighted by Crippen LogP contribution is -2.33. The largest absolute Gasteiger partial charge is 0.313 e. The van der Waals surface area contributed by atoms with Gasteiger partial charge < -0.3 is 10.2 Å². The molecule has 4 nitrogen and oxygen atoms in total. The first-order valence-corrected chi connectivity index (χ1v) is 6.45. The van der Waals surface area contributed by atoms with E-state index in [-0.39, 0.29) is 0 Å². The monoisotopic (exact) mass is 278 g/mol. The van der Waals surface area contributed by atoms with E-state index < -0.39 is 11.7 Å². The van der Waals surface area contributed by atoms with E-state index in [0.717, 1.165) is 12.1 Å². The van der Waals surface area contributed by atoms with Crippen LogP contribution in [0.1, 0.15) is 17.3 Å². The third kappa shape index (κ3) is 2.69. The van der Waals surface area contributed by atoms with Gasteiger partial charge in [0.1, 0.15) is 0 Å². The quantitative estimate of drug-likeness (QED) is 0.662. The van der Waals surface area contributed by atoms with Gasteiger partial charge in [0.05, 0.1) is 11.3 Å². The predicted molar refractivity (Wildman–Crippen MR) is 75.8 cm³/mol. The van der Waals surface area contributed by atoms with Crippen LogP contribution in [0.15, 0.2) is 30.4 Å². The maximum atomic E-state index is 12.0. The fourth-order valence-electron chi connectivity index (χ4n) is 2.01. The van der Waals surface area contributed by atoms with Crippen molar-refractivity contribution in [2.75, 3.05) is 24.5 Å². The highest BCUT2D eigenvalue weighted by Gasteiger charge is 2.35. The molecule has 0 aliphatic carbocycles. The summed E-state index contributed by atoms with van der Waals surface area (Å²) in [4.78, 5) is 25.3. The molecule has 0 spiro atoms. The first-order chi connectivity index (χ1) is 9.04. The number of halogens is 1. The maximum Gasteiger partial charge on any atom is 0.299 e. The number of anilines is 1. The Morgan fingerprint density at radius 3 is 2.84 bits per heavy atom. The number of nitrogens with zero attached hydrogens (tertiary/aromatic N) is 1. The van der Waals surface area contributed by atoms with Gasteiger partial charge in [-0.1, -0.05) is 25.1 Å². The average Bonchev–Trinajstić information content (AvgIpc) is 2.61. The lowest BCUT2D eigenvalue weighted by molar-refractivity contribution is -0.114. The molecule has 1 amide bonds. The fraction of sp³-hybridized carbons (Fsp3) is 0.286. The van der Waals surface area contributed by atoms with Crippen LogP contribution >= 0.6 is 11.6 Å². The van der Waals surface area contributed by atoms with Gasteiger partial charge in [0.25, 0.3) is 11.7 Å². The highest BCUT2D eigenvalue weighted by Crippen LogP contribution is 2.31. The summed E-state index contributed by atoms with van der Waals surface area (Å²) < 4.78 is 0. The lowest BCUT2D eigenvalue weighted by atomic mass is 10.1. The van der Waals surface area contributed by atoms with Crippen molar-refractivity contribution in [1.29, 1.82) is 0 Å². The van der Waals surface area contributed by atoms with Crippen LogP contribution in [0.3, 0.4) is 0 Å². The number of fused-ring (bicyclic) bond motifs is 1. The number of likely N-dealkylation sites (N-methyl/N-ethyl adjacent to an activating group) is 1. The average molecular weight is 279 g/mol. The van der Waals surface area contributed by atoms with E-state index >= 15 is 0 Å². The molecule has 2 rings (SSSR count). The van der Waals surface area contributed by atoms with E-state index in [1.54, 1.807) is 12.1 Å². The number of hydrogen-bond donors (Lipinski definition) is 1.